The van der Waals surface area contributed by atoms with E-state index in [4.69, 9.17) is 13.6 Å². The Hall–Kier alpha value is -1.59. The first kappa shape index (κ1) is 12.2. The summed E-state index contributed by atoms with van der Waals surface area (Å²) >= 11 is 0. The van der Waals surface area contributed by atoms with Crippen molar-refractivity contribution in [3.05, 3.63) is 0 Å². The molecule has 2 amide bonds. The number of imide groups is 1. The Morgan fingerprint density at radius 3 is 2.00 bits per heavy atom. The number of rotatable bonds is 1. The van der Waals surface area contributed by atoms with Crippen LogP contribution in [0.1, 0.15) is 52.5 Å². The number of ether oxygens (including phenoxy) is 2. The zero-order chi connectivity index (χ0) is 18.4. The summed E-state index contributed by atoms with van der Waals surface area (Å²) in [5, 5.41) is 0. The molecular weight excluding hydrogens is 262 g/mol. The van der Waals surface area contributed by atoms with Crippen molar-refractivity contribution in [1.29, 1.82) is 0 Å². The molecule has 0 unspecified atom stereocenters. The molecule has 114 valence electrons. The number of hydrogen-bond acceptors (Lipinski definition) is 5. The van der Waals surface area contributed by atoms with Crippen molar-refractivity contribution in [2.24, 2.45) is 5.92 Å². The van der Waals surface area contributed by atoms with E-state index in [0.29, 0.717) is 4.90 Å². The van der Waals surface area contributed by atoms with Crippen LogP contribution in [0, 0.1) is 5.92 Å². The summed E-state index contributed by atoms with van der Waals surface area (Å²) in [7, 11) is 0. The van der Waals surface area contributed by atoms with Crippen molar-refractivity contribution in [3.8, 4) is 0 Å². The highest BCUT2D eigenvalue weighted by Crippen LogP contribution is 2.30. The molecule has 0 saturated carbocycles. The Morgan fingerprint density at radius 2 is 1.60 bits per heavy atom. The fourth-order valence-electron chi connectivity index (χ4n) is 1.61. The number of hydrogen-bond donors (Lipinski definition) is 0. The average molecular weight is 288 g/mol. The van der Waals surface area contributed by atoms with Crippen LogP contribution in [0.15, 0.2) is 0 Å². The fourth-order valence-corrected chi connectivity index (χ4v) is 1.61. The van der Waals surface area contributed by atoms with E-state index in [1.807, 2.05) is 0 Å². The molecule has 1 aliphatic heterocycles. The second-order valence-electron chi connectivity index (χ2n) is 6.64. The summed E-state index contributed by atoms with van der Waals surface area (Å²) in [4.78, 5) is 36.9. The molecule has 0 aromatic carbocycles. The smallest absolute Gasteiger partial charge is 0.417 e. The minimum absolute atomic E-state index is 0.524. The quantitative estimate of drug-likeness (QED) is 0.546. The molecule has 1 rings (SSSR count). The van der Waals surface area contributed by atoms with E-state index in [1.165, 1.54) is 0 Å². The van der Waals surface area contributed by atoms with Gasteiger partial charge in [-0.2, -0.15) is 0 Å². The van der Waals surface area contributed by atoms with Gasteiger partial charge in [0.1, 0.15) is 11.2 Å². The normalized spacial score (nSPS) is 26.0. The van der Waals surface area contributed by atoms with E-state index < -0.39 is 48.0 Å². The van der Waals surface area contributed by atoms with Gasteiger partial charge in [-0.3, -0.25) is 4.79 Å². The zero-order valence-electron chi connectivity index (χ0n) is 15.6. The third-order valence-electron chi connectivity index (χ3n) is 2.34. The van der Waals surface area contributed by atoms with Crippen molar-refractivity contribution in [1.82, 2.24) is 4.90 Å². The van der Waals surface area contributed by atoms with Gasteiger partial charge in [-0.25, -0.2) is 14.5 Å². The highest BCUT2D eigenvalue weighted by molar-refractivity contribution is 6.06. The molecule has 0 aliphatic carbocycles. The summed E-state index contributed by atoms with van der Waals surface area (Å²) < 4.78 is 32.4. The molecule has 1 saturated heterocycles. The van der Waals surface area contributed by atoms with Gasteiger partial charge in [0, 0.05) is 4.11 Å². The summed E-state index contributed by atoms with van der Waals surface area (Å²) in [5.74, 6) is -3.51. The van der Waals surface area contributed by atoms with Crippen LogP contribution in [0.3, 0.4) is 0 Å². The summed E-state index contributed by atoms with van der Waals surface area (Å²) in [6, 6.07) is -1.51. The first-order valence-corrected chi connectivity index (χ1v) is 6.33. The van der Waals surface area contributed by atoms with Crippen LogP contribution in [-0.4, -0.2) is 40.1 Å². The second-order valence-corrected chi connectivity index (χ2v) is 6.64. The van der Waals surface area contributed by atoms with Crippen LogP contribution in [0.25, 0.3) is 0 Å². The lowest BCUT2D eigenvalue weighted by molar-refractivity contribution is -0.178. The van der Waals surface area contributed by atoms with Gasteiger partial charge in [-0.05, 0) is 41.5 Å². The number of amides is 2. The molecule has 0 radical (unpaired) electrons. The number of esters is 1. The minimum Gasteiger partial charge on any atom is -0.458 e. The SMILES string of the molecule is [2H]C([2H])([2H])[C@@H]1C(=O)N(C(=O)OC(C)(C)C)[C@H]1C(=O)OC(C)(C)C. The maximum Gasteiger partial charge on any atom is 0.417 e. The summed E-state index contributed by atoms with van der Waals surface area (Å²) in [6.45, 7) is 6.89. The lowest BCUT2D eigenvalue weighted by atomic mass is 9.89. The molecule has 0 N–H and O–H groups in total. The van der Waals surface area contributed by atoms with Gasteiger partial charge in [0.2, 0.25) is 5.91 Å². The number of β-lactam (4-membered cyclic amide) rings is 1. The van der Waals surface area contributed by atoms with Crippen molar-refractivity contribution < 1.29 is 28.0 Å². The van der Waals surface area contributed by atoms with Crippen LogP contribution >= 0.6 is 0 Å². The Balaban J connectivity index is 3.08. The van der Waals surface area contributed by atoms with E-state index in [1.54, 1.807) is 41.5 Å². The number of nitrogens with zero attached hydrogens (tertiary/aromatic N) is 1. The maximum atomic E-state index is 12.3. The van der Waals surface area contributed by atoms with Crippen LogP contribution in [0.2, 0.25) is 0 Å². The number of carbonyl (C=O) groups is 3. The van der Waals surface area contributed by atoms with Gasteiger partial charge < -0.3 is 9.47 Å². The number of carbonyl (C=O) groups excluding carboxylic acids is 3. The topological polar surface area (TPSA) is 72.9 Å². The van der Waals surface area contributed by atoms with Gasteiger partial charge in [0.15, 0.2) is 6.04 Å². The van der Waals surface area contributed by atoms with E-state index in [-0.39, 0.29) is 0 Å². The molecule has 2 atom stereocenters. The minimum atomic E-state index is -2.71. The highest BCUT2D eigenvalue weighted by Gasteiger charge is 2.54. The van der Waals surface area contributed by atoms with Crippen molar-refractivity contribution >= 4 is 18.0 Å². The van der Waals surface area contributed by atoms with E-state index in [0.717, 1.165) is 0 Å². The standard InChI is InChI=1S/C14H23NO5/c1-8-9(11(17)19-13(2,3)4)15(10(8)16)12(18)20-14(5,6)7/h8-9H,1-7H3/t8-,9+/m0/s1/i1D3. The maximum absolute atomic E-state index is 12.3. The van der Waals surface area contributed by atoms with Gasteiger partial charge >= 0.3 is 12.1 Å². The Kier molecular flexibility index (Phi) is 3.09. The first-order valence-electron chi connectivity index (χ1n) is 7.83. The molecule has 1 aliphatic rings. The van der Waals surface area contributed by atoms with Crippen LogP contribution in [0.5, 0.6) is 0 Å². The van der Waals surface area contributed by atoms with Crippen molar-refractivity contribution in [3.63, 3.8) is 0 Å². The van der Waals surface area contributed by atoms with Gasteiger partial charge in [0.25, 0.3) is 0 Å². The molecule has 0 aromatic rings. The van der Waals surface area contributed by atoms with Crippen molar-refractivity contribution in [2.45, 2.75) is 65.6 Å². The van der Waals surface area contributed by atoms with E-state index >= 15 is 0 Å². The van der Waals surface area contributed by atoms with Crippen LogP contribution in [0.4, 0.5) is 4.79 Å². The Morgan fingerprint density at radius 1 is 1.10 bits per heavy atom. The highest BCUT2D eigenvalue weighted by atomic mass is 16.6. The van der Waals surface area contributed by atoms with Crippen LogP contribution < -0.4 is 0 Å². The molecule has 6 nitrogen and oxygen atoms in total. The molecule has 0 spiro atoms. The summed E-state index contributed by atoms with van der Waals surface area (Å²) in [5.41, 5.74) is -1.77. The third-order valence-corrected chi connectivity index (χ3v) is 2.34. The molecule has 1 fully saturated rings. The molecule has 1 heterocycles. The largest absolute Gasteiger partial charge is 0.458 e. The third kappa shape index (κ3) is 3.71. The fraction of sp³-hybridized carbons (Fsp3) is 0.786. The second kappa shape index (κ2) is 5.07. The van der Waals surface area contributed by atoms with Crippen LogP contribution in [-0.2, 0) is 19.1 Å². The lowest BCUT2D eigenvalue weighted by Gasteiger charge is -2.43. The monoisotopic (exact) mass is 288 g/mol. The first-order chi connectivity index (χ1) is 10.0. The predicted octanol–water partition coefficient (Wildman–Crippen LogP) is 2.11. The van der Waals surface area contributed by atoms with Gasteiger partial charge in [-0.1, -0.05) is 6.85 Å². The van der Waals surface area contributed by atoms with Crippen molar-refractivity contribution in [2.75, 3.05) is 0 Å². The summed E-state index contributed by atoms with van der Waals surface area (Å²) in [6.07, 6.45) is -1.06. The Labute approximate surface area is 123 Å². The zero-order valence-corrected chi connectivity index (χ0v) is 12.6. The average Bonchev–Trinajstić information content (AvgIpc) is 2.17. The van der Waals surface area contributed by atoms with E-state index in [9.17, 15) is 14.4 Å². The molecule has 0 aromatic heterocycles. The lowest BCUT2D eigenvalue weighted by Crippen LogP contribution is -2.66. The van der Waals surface area contributed by atoms with Gasteiger partial charge in [0.05, 0.1) is 5.92 Å². The number of likely N-dealkylation sites (tertiary alicyclic amines) is 1. The molecular formula is C14H23NO5. The molecule has 20 heavy (non-hydrogen) atoms. The molecule has 0 bridgehead atoms. The molecule has 6 heteroatoms. The Bertz CT molecular complexity index is 508. The van der Waals surface area contributed by atoms with E-state index in [2.05, 4.69) is 0 Å². The van der Waals surface area contributed by atoms with Gasteiger partial charge in [-0.15, -0.1) is 0 Å². The predicted molar refractivity (Wildman–Crippen MR) is 71.9 cm³/mol.